The van der Waals surface area contributed by atoms with E-state index >= 15 is 0 Å². The summed E-state index contributed by atoms with van der Waals surface area (Å²) in [6.07, 6.45) is 1.04. The molecule has 100 valence electrons. The molecule has 5 nitrogen and oxygen atoms in total. The highest BCUT2D eigenvalue weighted by molar-refractivity contribution is 5.77. The average Bonchev–Trinajstić information content (AvgIpc) is 2.29. The number of carbonyl (C=O) groups excluding carboxylic acids is 1. The predicted octanol–water partition coefficient (Wildman–Crippen LogP) is -0.698. The van der Waals surface area contributed by atoms with Crippen LogP contribution in [-0.2, 0) is 4.79 Å². The Kier molecular flexibility index (Phi) is 6.47. The van der Waals surface area contributed by atoms with Crippen molar-refractivity contribution in [2.24, 2.45) is 0 Å². The molecule has 1 fully saturated rings. The van der Waals surface area contributed by atoms with Gasteiger partial charge in [-0.15, -0.1) is 0 Å². The molecule has 0 bridgehead atoms. The summed E-state index contributed by atoms with van der Waals surface area (Å²) in [5.41, 5.74) is 0. The van der Waals surface area contributed by atoms with E-state index in [-0.39, 0.29) is 5.91 Å². The molecule has 1 rings (SSSR count). The van der Waals surface area contributed by atoms with Gasteiger partial charge in [-0.05, 0) is 27.1 Å². The van der Waals surface area contributed by atoms with Crippen LogP contribution in [0.2, 0.25) is 0 Å². The van der Waals surface area contributed by atoms with Crippen molar-refractivity contribution in [3.8, 4) is 0 Å². The van der Waals surface area contributed by atoms with E-state index in [9.17, 15) is 4.79 Å². The molecule has 0 radical (unpaired) electrons. The molecule has 1 aliphatic rings. The minimum Gasteiger partial charge on any atom is -0.345 e. The lowest BCUT2D eigenvalue weighted by atomic mass is 10.3. The Morgan fingerprint density at radius 2 is 1.82 bits per heavy atom. The smallest absolute Gasteiger partial charge is 0.236 e. The molecular weight excluding hydrogens is 216 g/mol. The topological polar surface area (TPSA) is 38.8 Å². The van der Waals surface area contributed by atoms with E-state index in [4.69, 9.17) is 0 Å². The van der Waals surface area contributed by atoms with Gasteiger partial charge < -0.3 is 15.1 Å². The van der Waals surface area contributed by atoms with E-state index in [1.807, 2.05) is 11.9 Å². The Labute approximate surface area is 105 Å². The van der Waals surface area contributed by atoms with Crippen molar-refractivity contribution in [3.05, 3.63) is 0 Å². The maximum atomic E-state index is 11.9. The lowest BCUT2D eigenvalue weighted by molar-refractivity contribution is -0.131. The van der Waals surface area contributed by atoms with Gasteiger partial charge in [-0.1, -0.05) is 0 Å². The summed E-state index contributed by atoms with van der Waals surface area (Å²) in [7, 11) is 6.02. The number of likely N-dealkylation sites (N-methyl/N-ethyl adjacent to an activating group) is 1. The molecule has 1 amide bonds. The van der Waals surface area contributed by atoms with E-state index in [0.717, 1.165) is 45.7 Å². The van der Waals surface area contributed by atoms with Gasteiger partial charge >= 0.3 is 0 Å². The number of nitrogens with zero attached hydrogens (tertiary/aromatic N) is 3. The van der Waals surface area contributed by atoms with Crippen molar-refractivity contribution in [2.45, 2.75) is 6.42 Å². The first-order chi connectivity index (χ1) is 8.09. The third kappa shape index (κ3) is 6.00. The van der Waals surface area contributed by atoms with Crippen LogP contribution in [0, 0.1) is 0 Å². The van der Waals surface area contributed by atoms with E-state index < -0.39 is 0 Å². The van der Waals surface area contributed by atoms with Crippen molar-refractivity contribution in [1.29, 1.82) is 0 Å². The van der Waals surface area contributed by atoms with Gasteiger partial charge in [0.25, 0.3) is 0 Å². The van der Waals surface area contributed by atoms with Gasteiger partial charge in [0, 0.05) is 39.8 Å². The van der Waals surface area contributed by atoms with Crippen LogP contribution in [0.5, 0.6) is 0 Å². The van der Waals surface area contributed by atoms with Crippen LogP contribution in [0.15, 0.2) is 0 Å². The number of nitrogens with one attached hydrogen (secondary N) is 1. The van der Waals surface area contributed by atoms with Crippen LogP contribution in [0.1, 0.15) is 6.42 Å². The summed E-state index contributed by atoms with van der Waals surface area (Å²) in [6, 6.07) is 0. The van der Waals surface area contributed by atoms with Crippen LogP contribution >= 0.6 is 0 Å². The number of amides is 1. The van der Waals surface area contributed by atoms with Crippen LogP contribution in [0.4, 0.5) is 0 Å². The first-order valence-electron chi connectivity index (χ1n) is 6.41. The second-order valence-corrected chi connectivity index (χ2v) is 5.00. The summed E-state index contributed by atoms with van der Waals surface area (Å²) in [6.45, 7) is 6.41. The standard InChI is InChI=1S/C12H26N4O/c1-14(2)7-4-8-15(3)12(17)11-16-9-5-13-6-10-16/h13H,4-11H2,1-3H3. The first-order valence-corrected chi connectivity index (χ1v) is 6.41. The van der Waals surface area contributed by atoms with Gasteiger partial charge in [-0.25, -0.2) is 0 Å². The second-order valence-electron chi connectivity index (χ2n) is 5.00. The molecule has 0 atom stereocenters. The zero-order valence-corrected chi connectivity index (χ0v) is 11.4. The van der Waals surface area contributed by atoms with Gasteiger partial charge in [-0.2, -0.15) is 0 Å². The van der Waals surface area contributed by atoms with Crippen molar-refractivity contribution in [1.82, 2.24) is 20.0 Å². The third-order valence-corrected chi connectivity index (χ3v) is 3.09. The molecule has 0 aromatic rings. The molecule has 1 heterocycles. The van der Waals surface area contributed by atoms with Crippen LogP contribution < -0.4 is 5.32 Å². The van der Waals surface area contributed by atoms with Crippen LogP contribution in [-0.4, -0.2) is 87.6 Å². The third-order valence-electron chi connectivity index (χ3n) is 3.09. The van der Waals surface area contributed by atoms with Crippen LogP contribution in [0.25, 0.3) is 0 Å². The number of carbonyl (C=O) groups is 1. The van der Waals surface area contributed by atoms with Gasteiger partial charge in [0.05, 0.1) is 6.54 Å². The minimum absolute atomic E-state index is 0.241. The molecule has 1 saturated heterocycles. The normalized spacial score (nSPS) is 17.4. The molecule has 1 N–H and O–H groups in total. The summed E-state index contributed by atoms with van der Waals surface area (Å²) >= 11 is 0. The lowest BCUT2D eigenvalue weighted by Gasteiger charge is -2.28. The molecule has 0 spiro atoms. The van der Waals surface area contributed by atoms with E-state index in [0.29, 0.717) is 6.54 Å². The number of piperazine rings is 1. The molecule has 0 saturated carbocycles. The Balaban J connectivity index is 2.16. The Bertz CT molecular complexity index is 227. The Hall–Kier alpha value is -0.650. The van der Waals surface area contributed by atoms with Gasteiger partial charge in [0.1, 0.15) is 0 Å². The van der Waals surface area contributed by atoms with E-state index in [2.05, 4.69) is 29.2 Å². The highest BCUT2D eigenvalue weighted by Crippen LogP contribution is 1.96. The zero-order valence-electron chi connectivity index (χ0n) is 11.4. The fourth-order valence-electron chi connectivity index (χ4n) is 1.93. The fourth-order valence-corrected chi connectivity index (χ4v) is 1.93. The van der Waals surface area contributed by atoms with Crippen molar-refractivity contribution >= 4 is 5.91 Å². The van der Waals surface area contributed by atoms with Crippen molar-refractivity contribution in [3.63, 3.8) is 0 Å². The first kappa shape index (κ1) is 14.4. The fraction of sp³-hybridized carbons (Fsp3) is 0.917. The summed E-state index contributed by atoms with van der Waals surface area (Å²) in [4.78, 5) is 18.2. The number of hydrogen-bond acceptors (Lipinski definition) is 4. The number of hydrogen-bond donors (Lipinski definition) is 1. The van der Waals surface area contributed by atoms with Crippen molar-refractivity contribution in [2.75, 3.05) is 67.0 Å². The molecule has 17 heavy (non-hydrogen) atoms. The quantitative estimate of drug-likeness (QED) is 0.669. The van der Waals surface area contributed by atoms with Gasteiger partial charge in [0.15, 0.2) is 0 Å². The predicted molar refractivity (Wildman–Crippen MR) is 70.1 cm³/mol. The van der Waals surface area contributed by atoms with Crippen molar-refractivity contribution < 1.29 is 4.79 Å². The molecule has 0 aromatic carbocycles. The van der Waals surface area contributed by atoms with Crippen LogP contribution in [0.3, 0.4) is 0 Å². The van der Waals surface area contributed by atoms with E-state index in [1.54, 1.807) is 0 Å². The molecule has 0 aromatic heterocycles. The largest absolute Gasteiger partial charge is 0.345 e. The maximum absolute atomic E-state index is 11.9. The van der Waals surface area contributed by atoms with Gasteiger partial charge in [0.2, 0.25) is 5.91 Å². The molecule has 0 aliphatic carbocycles. The lowest BCUT2D eigenvalue weighted by Crippen LogP contribution is -2.48. The summed E-state index contributed by atoms with van der Waals surface area (Å²) in [5, 5.41) is 3.29. The Morgan fingerprint density at radius 3 is 2.41 bits per heavy atom. The molecule has 5 heteroatoms. The molecule has 0 unspecified atom stereocenters. The van der Waals surface area contributed by atoms with E-state index in [1.165, 1.54) is 0 Å². The monoisotopic (exact) mass is 242 g/mol. The molecule has 1 aliphatic heterocycles. The molecular formula is C12H26N4O. The Morgan fingerprint density at radius 1 is 1.18 bits per heavy atom. The maximum Gasteiger partial charge on any atom is 0.236 e. The summed E-state index contributed by atoms with van der Waals surface area (Å²) in [5.74, 6) is 0.241. The summed E-state index contributed by atoms with van der Waals surface area (Å²) < 4.78 is 0. The highest BCUT2D eigenvalue weighted by atomic mass is 16.2. The highest BCUT2D eigenvalue weighted by Gasteiger charge is 2.15. The SMILES string of the molecule is CN(C)CCCN(C)C(=O)CN1CCNCC1. The van der Waals surface area contributed by atoms with Gasteiger partial charge in [-0.3, -0.25) is 9.69 Å². The number of rotatable bonds is 6. The zero-order chi connectivity index (χ0) is 12.7. The minimum atomic E-state index is 0.241. The average molecular weight is 242 g/mol. The second kappa shape index (κ2) is 7.63.